The second-order valence-electron chi connectivity index (χ2n) is 16.0. The molecule has 0 bridgehead atoms. The van der Waals surface area contributed by atoms with Crippen molar-refractivity contribution >= 4 is 65.4 Å². The molecule has 0 aliphatic carbocycles. The molecule has 4 heterocycles. The summed E-state index contributed by atoms with van der Waals surface area (Å²) in [5.74, 6) is 1.87. The van der Waals surface area contributed by atoms with E-state index in [9.17, 15) is 0 Å². The van der Waals surface area contributed by atoms with Gasteiger partial charge in [-0.1, -0.05) is 158 Å². The van der Waals surface area contributed by atoms with E-state index >= 15 is 0 Å². The van der Waals surface area contributed by atoms with E-state index in [1.54, 1.807) is 0 Å². The average molecular weight is 805 g/mol. The van der Waals surface area contributed by atoms with Gasteiger partial charge in [0.05, 0.1) is 38.8 Å². The van der Waals surface area contributed by atoms with Crippen molar-refractivity contribution in [1.82, 2.24) is 28.7 Å². The van der Waals surface area contributed by atoms with E-state index in [-0.39, 0.29) is 0 Å². The van der Waals surface area contributed by atoms with Crippen LogP contribution in [-0.4, -0.2) is 28.7 Å². The lowest BCUT2D eigenvalue weighted by molar-refractivity contribution is 1.06. The number of para-hydroxylation sites is 5. The topological polar surface area (TPSA) is 53.5 Å². The molecule has 13 aromatic rings. The van der Waals surface area contributed by atoms with Gasteiger partial charge < -0.3 is 13.7 Å². The van der Waals surface area contributed by atoms with Crippen molar-refractivity contribution in [2.75, 3.05) is 0 Å². The molecule has 0 N–H and O–H groups in total. The van der Waals surface area contributed by atoms with Crippen LogP contribution >= 0.6 is 0 Å². The molecule has 0 aliphatic heterocycles. The van der Waals surface area contributed by atoms with E-state index in [1.165, 1.54) is 43.4 Å². The Morgan fingerprint density at radius 1 is 0.286 bits per heavy atom. The molecule has 0 amide bonds. The number of nitrogens with zero attached hydrogens (tertiary/aromatic N) is 6. The van der Waals surface area contributed by atoms with Crippen LogP contribution in [0.2, 0.25) is 0 Å². The fraction of sp³-hybridized carbons (Fsp3) is 0. The Labute approximate surface area is 362 Å². The van der Waals surface area contributed by atoms with Gasteiger partial charge in [-0.15, -0.1) is 0 Å². The molecule has 13 rings (SSSR count). The summed E-state index contributed by atoms with van der Waals surface area (Å²) in [7, 11) is 0. The van der Waals surface area contributed by atoms with Gasteiger partial charge in [0.1, 0.15) is 0 Å². The van der Waals surface area contributed by atoms with E-state index in [0.29, 0.717) is 17.5 Å². The van der Waals surface area contributed by atoms with Crippen molar-refractivity contribution in [3.05, 3.63) is 218 Å². The summed E-state index contributed by atoms with van der Waals surface area (Å²) in [6, 6.07) is 77.4. The van der Waals surface area contributed by atoms with Gasteiger partial charge in [-0.2, -0.15) is 0 Å². The third-order valence-corrected chi connectivity index (χ3v) is 12.5. The van der Waals surface area contributed by atoms with Gasteiger partial charge in [-0.05, 0) is 60.7 Å². The number of hydrogen-bond acceptors (Lipinski definition) is 3. The Balaban J connectivity index is 1.10. The Hall–Kier alpha value is -8.61. The van der Waals surface area contributed by atoms with E-state index in [2.05, 4.69) is 196 Å². The predicted molar refractivity (Wildman–Crippen MR) is 259 cm³/mol. The molecule has 0 aliphatic rings. The molecule has 0 unspecified atom stereocenters. The first-order valence-electron chi connectivity index (χ1n) is 21.3. The van der Waals surface area contributed by atoms with Crippen LogP contribution in [0, 0.1) is 0 Å². The summed E-state index contributed by atoms with van der Waals surface area (Å²) < 4.78 is 7.27. The summed E-state index contributed by atoms with van der Waals surface area (Å²) in [5, 5.41) is 7.23. The summed E-state index contributed by atoms with van der Waals surface area (Å²) >= 11 is 0. The predicted octanol–water partition coefficient (Wildman–Crippen LogP) is 14.2. The SMILES string of the molecule is c1ccc(-c2nc(-c3ccccc3)nc(-c3ccccc3-n3c4ccccc4c4c3ccc3c5ccccc5n(-c5ccc6c7ccccc7n(-c7ccccc7)c6c5)c34)n2)cc1. The molecular formula is C57H36N6. The summed E-state index contributed by atoms with van der Waals surface area (Å²) in [6.07, 6.45) is 0. The van der Waals surface area contributed by atoms with Crippen molar-refractivity contribution < 1.29 is 0 Å². The smallest absolute Gasteiger partial charge is 0.166 e. The number of rotatable bonds is 6. The highest BCUT2D eigenvalue weighted by Crippen LogP contribution is 2.44. The van der Waals surface area contributed by atoms with E-state index in [0.717, 1.165) is 55.8 Å². The minimum Gasteiger partial charge on any atom is -0.309 e. The van der Waals surface area contributed by atoms with Crippen molar-refractivity contribution in [3.8, 4) is 51.2 Å². The van der Waals surface area contributed by atoms with Crippen LogP contribution in [0.15, 0.2) is 218 Å². The molecular weight excluding hydrogens is 769 g/mol. The maximum absolute atomic E-state index is 5.19. The number of hydrogen-bond donors (Lipinski definition) is 0. The fourth-order valence-electron chi connectivity index (χ4n) is 9.78. The molecule has 0 fully saturated rings. The highest BCUT2D eigenvalue weighted by Gasteiger charge is 2.24. The monoisotopic (exact) mass is 804 g/mol. The minimum atomic E-state index is 0.613. The van der Waals surface area contributed by atoms with Gasteiger partial charge in [-0.3, -0.25) is 0 Å². The standard InChI is InChI=1S/C57H36N6/c1-4-18-37(19-5-1)55-58-56(38-20-6-2-7-21-38)60-57(59-55)46-27-13-17-31-50(46)63-49-30-16-12-26-45(49)53-51(63)35-34-44-42-25-11-15-29-48(42)62(54(44)53)40-32-33-43-41-24-10-14-28-47(41)61(52(43)36-40)39-22-8-3-9-23-39/h1-36H. The molecule has 4 aromatic heterocycles. The maximum Gasteiger partial charge on any atom is 0.166 e. The summed E-state index contributed by atoms with van der Waals surface area (Å²) in [5.41, 5.74) is 12.9. The molecule has 0 radical (unpaired) electrons. The molecule has 6 heteroatoms. The quantitative estimate of drug-likeness (QED) is 0.168. The van der Waals surface area contributed by atoms with Crippen LogP contribution in [0.3, 0.4) is 0 Å². The molecule has 0 saturated carbocycles. The third kappa shape index (κ3) is 5.41. The molecule has 294 valence electrons. The third-order valence-electron chi connectivity index (χ3n) is 12.5. The highest BCUT2D eigenvalue weighted by atomic mass is 15.1. The van der Waals surface area contributed by atoms with Gasteiger partial charge in [0.15, 0.2) is 17.5 Å². The lowest BCUT2D eigenvalue weighted by atomic mass is 10.1. The second-order valence-corrected chi connectivity index (χ2v) is 16.0. The van der Waals surface area contributed by atoms with Gasteiger partial charge in [0.2, 0.25) is 0 Å². The fourth-order valence-corrected chi connectivity index (χ4v) is 9.78. The van der Waals surface area contributed by atoms with Crippen LogP contribution in [0.1, 0.15) is 0 Å². The normalized spacial score (nSPS) is 11.8. The zero-order chi connectivity index (χ0) is 41.4. The number of fused-ring (bicyclic) bond motifs is 10. The van der Waals surface area contributed by atoms with Crippen molar-refractivity contribution in [1.29, 1.82) is 0 Å². The highest BCUT2D eigenvalue weighted by molar-refractivity contribution is 6.26. The Kier molecular flexibility index (Phi) is 7.80. The lowest BCUT2D eigenvalue weighted by Crippen LogP contribution is -2.03. The number of benzene rings is 9. The van der Waals surface area contributed by atoms with Crippen LogP contribution in [0.25, 0.3) is 117 Å². The largest absolute Gasteiger partial charge is 0.309 e. The molecule has 0 atom stereocenters. The first-order chi connectivity index (χ1) is 31.3. The second kappa shape index (κ2) is 14.0. The van der Waals surface area contributed by atoms with Gasteiger partial charge in [0, 0.05) is 60.4 Å². The minimum absolute atomic E-state index is 0.613. The molecule has 0 saturated heterocycles. The van der Waals surface area contributed by atoms with Crippen LogP contribution in [0.4, 0.5) is 0 Å². The lowest BCUT2D eigenvalue weighted by Gasteiger charge is -2.15. The molecule has 63 heavy (non-hydrogen) atoms. The Morgan fingerprint density at radius 2 is 0.778 bits per heavy atom. The van der Waals surface area contributed by atoms with Gasteiger partial charge in [0.25, 0.3) is 0 Å². The Morgan fingerprint density at radius 3 is 1.46 bits per heavy atom. The van der Waals surface area contributed by atoms with Crippen LogP contribution < -0.4 is 0 Å². The average Bonchev–Trinajstić information content (AvgIpc) is 4.00. The van der Waals surface area contributed by atoms with Crippen molar-refractivity contribution in [3.63, 3.8) is 0 Å². The van der Waals surface area contributed by atoms with E-state index in [1.807, 2.05) is 36.4 Å². The Bertz CT molecular complexity index is 3840. The van der Waals surface area contributed by atoms with E-state index < -0.39 is 0 Å². The van der Waals surface area contributed by atoms with Gasteiger partial charge in [-0.25, -0.2) is 15.0 Å². The molecule has 9 aromatic carbocycles. The summed E-state index contributed by atoms with van der Waals surface area (Å²) in [6.45, 7) is 0. The van der Waals surface area contributed by atoms with Crippen molar-refractivity contribution in [2.45, 2.75) is 0 Å². The van der Waals surface area contributed by atoms with Crippen LogP contribution in [-0.2, 0) is 0 Å². The maximum atomic E-state index is 5.19. The van der Waals surface area contributed by atoms with Crippen molar-refractivity contribution in [2.24, 2.45) is 0 Å². The zero-order valence-electron chi connectivity index (χ0n) is 34.0. The first kappa shape index (κ1) is 35.2. The summed E-state index contributed by atoms with van der Waals surface area (Å²) in [4.78, 5) is 15.4. The molecule has 0 spiro atoms. The van der Waals surface area contributed by atoms with Crippen LogP contribution in [0.5, 0.6) is 0 Å². The van der Waals surface area contributed by atoms with E-state index in [4.69, 9.17) is 15.0 Å². The zero-order valence-corrected chi connectivity index (χ0v) is 34.0. The first-order valence-corrected chi connectivity index (χ1v) is 21.3. The number of aromatic nitrogens is 6. The molecule has 6 nitrogen and oxygen atoms in total. The van der Waals surface area contributed by atoms with Gasteiger partial charge >= 0.3 is 0 Å².